The van der Waals surface area contributed by atoms with Crippen LogP contribution in [0.25, 0.3) is 0 Å². The monoisotopic (exact) mass is 223 g/mol. The van der Waals surface area contributed by atoms with Gasteiger partial charge in [-0.3, -0.25) is 9.69 Å². The summed E-state index contributed by atoms with van der Waals surface area (Å²) in [5.74, 6) is -3.02. The van der Waals surface area contributed by atoms with Crippen LogP contribution in [0, 0.1) is 5.92 Å². The summed E-state index contributed by atoms with van der Waals surface area (Å²) >= 11 is 0. The van der Waals surface area contributed by atoms with Crippen LogP contribution in [0.4, 0.5) is 4.39 Å². The van der Waals surface area contributed by atoms with Gasteiger partial charge in [-0.2, -0.15) is 4.39 Å². The first-order valence-electron chi connectivity index (χ1n) is 5.27. The SMILES string of the molecule is CC(C)CN1C(=O)c2ccccc2C1(O)F. The Morgan fingerprint density at radius 2 is 2.06 bits per heavy atom. The number of hydrogen-bond donors (Lipinski definition) is 1. The van der Waals surface area contributed by atoms with Crippen LogP contribution in [0.2, 0.25) is 0 Å². The molecule has 1 N–H and O–H groups in total. The predicted octanol–water partition coefficient (Wildman–Crippen LogP) is 1.87. The minimum Gasteiger partial charge on any atom is -0.341 e. The molecule has 1 unspecified atom stereocenters. The maximum atomic E-state index is 14.1. The predicted molar refractivity (Wildman–Crippen MR) is 57.3 cm³/mol. The van der Waals surface area contributed by atoms with E-state index in [2.05, 4.69) is 0 Å². The molecule has 1 aliphatic heterocycles. The van der Waals surface area contributed by atoms with E-state index in [0.717, 1.165) is 4.90 Å². The van der Waals surface area contributed by atoms with Crippen LogP contribution in [-0.4, -0.2) is 22.5 Å². The van der Waals surface area contributed by atoms with Gasteiger partial charge in [-0.1, -0.05) is 32.0 Å². The summed E-state index contributed by atoms with van der Waals surface area (Å²) in [6.07, 6.45) is 0. The van der Waals surface area contributed by atoms with Crippen molar-refractivity contribution >= 4 is 5.91 Å². The Labute approximate surface area is 93.5 Å². The quantitative estimate of drug-likeness (QED) is 0.777. The summed E-state index contributed by atoms with van der Waals surface area (Å²) in [5, 5.41) is 9.76. The van der Waals surface area contributed by atoms with Gasteiger partial charge in [0.1, 0.15) is 0 Å². The molecule has 2 rings (SSSR count). The van der Waals surface area contributed by atoms with Crippen LogP contribution < -0.4 is 0 Å². The number of hydrogen-bond acceptors (Lipinski definition) is 2. The molecule has 0 bridgehead atoms. The first-order valence-corrected chi connectivity index (χ1v) is 5.27. The Morgan fingerprint density at radius 3 is 2.62 bits per heavy atom. The van der Waals surface area contributed by atoms with E-state index in [1.54, 1.807) is 12.1 Å². The number of benzene rings is 1. The van der Waals surface area contributed by atoms with Crippen LogP contribution in [-0.2, 0) is 5.98 Å². The zero-order valence-corrected chi connectivity index (χ0v) is 9.27. The van der Waals surface area contributed by atoms with E-state index in [0.29, 0.717) is 0 Å². The molecule has 0 spiro atoms. The molecule has 1 aromatic carbocycles. The second-order valence-electron chi connectivity index (χ2n) is 4.44. The second kappa shape index (κ2) is 3.56. The summed E-state index contributed by atoms with van der Waals surface area (Å²) in [4.78, 5) is 12.8. The number of aliphatic hydroxyl groups is 1. The van der Waals surface area contributed by atoms with Crippen molar-refractivity contribution in [2.75, 3.05) is 6.54 Å². The van der Waals surface area contributed by atoms with Crippen molar-refractivity contribution in [3.63, 3.8) is 0 Å². The standard InChI is InChI=1S/C12H14FNO2/c1-8(2)7-14-11(15)9-5-3-4-6-10(9)12(14,13)16/h3-6,8,16H,7H2,1-2H3. The molecular formula is C12H14FNO2. The van der Waals surface area contributed by atoms with Crippen LogP contribution >= 0.6 is 0 Å². The highest BCUT2D eigenvalue weighted by atomic mass is 19.2. The molecule has 3 nitrogen and oxygen atoms in total. The third-order valence-electron chi connectivity index (χ3n) is 2.65. The number of amides is 1. The zero-order valence-electron chi connectivity index (χ0n) is 9.27. The van der Waals surface area contributed by atoms with Gasteiger partial charge in [0.25, 0.3) is 5.91 Å². The lowest BCUT2D eigenvalue weighted by Crippen LogP contribution is -2.42. The van der Waals surface area contributed by atoms with Crippen molar-refractivity contribution in [2.24, 2.45) is 5.92 Å². The van der Waals surface area contributed by atoms with Crippen molar-refractivity contribution in [2.45, 2.75) is 19.8 Å². The molecule has 0 aromatic heterocycles. The van der Waals surface area contributed by atoms with E-state index < -0.39 is 11.9 Å². The molecule has 0 radical (unpaired) electrons. The van der Waals surface area contributed by atoms with E-state index in [1.807, 2.05) is 13.8 Å². The Morgan fingerprint density at radius 1 is 1.44 bits per heavy atom. The third kappa shape index (κ3) is 1.50. The largest absolute Gasteiger partial charge is 0.341 e. The number of carbonyl (C=O) groups excluding carboxylic acids is 1. The molecule has 4 heteroatoms. The van der Waals surface area contributed by atoms with Crippen LogP contribution in [0.3, 0.4) is 0 Å². The van der Waals surface area contributed by atoms with Gasteiger partial charge >= 0.3 is 5.98 Å². The highest BCUT2D eigenvalue weighted by molar-refractivity contribution is 5.99. The fourth-order valence-corrected chi connectivity index (χ4v) is 1.94. The van der Waals surface area contributed by atoms with Crippen molar-refractivity contribution in [1.82, 2.24) is 4.90 Å². The van der Waals surface area contributed by atoms with Crippen LogP contribution in [0.15, 0.2) is 24.3 Å². The molecule has 1 aliphatic rings. The van der Waals surface area contributed by atoms with Gasteiger partial charge in [-0.05, 0) is 12.0 Å². The highest BCUT2D eigenvalue weighted by Crippen LogP contribution is 2.38. The van der Waals surface area contributed by atoms with E-state index in [1.165, 1.54) is 12.1 Å². The Balaban J connectivity index is 2.45. The Hall–Kier alpha value is -1.42. The Bertz CT molecular complexity index is 429. The number of alkyl halides is 1. The van der Waals surface area contributed by atoms with Crippen molar-refractivity contribution in [3.05, 3.63) is 35.4 Å². The van der Waals surface area contributed by atoms with Crippen molar-refractivity contribution in [1.29, 1.82) is 0 Å². The highest BCUT2D eigenvalue weighted by Gasteiger charge is 2.49. The summed E-state index contributed by atoms with van der Waals surface area (Å²) in [5.41, 5.74) is 0.286. The van der Waals surface area contributed by atoms with Gasteiger partial charge in [-0.25, -0.2) is 0 Å². The lowest BCUT2D eigenvalue weighted by molar-refractivity contribution is -0.192. The topological polar surface area (TPSA) is 40.5 Å². The lowest BCUT2D eigenvalue weighted by atomic mass is 10.1. The molecule has 0 saturated carbocycles. The van der Waals surface area contributed by atoms with Gasteiger partial charge in [-0.15, -0.1) is 0 Å². The minimum atomic E-state index is -2.67. The summed E-state index contributed by atoms with van der Waals surface area (Å²) in [6.45, 7) is 3.93. The first kappa shape index (κ1) is 11.1. The minimum absolute atomic E-state index is 0.0423. The number of rotatable bonds is 2. The average molecular weight is 223 g/mol. The molecule has 16 heavy (non-hydrogen) atoms. The van der Waals surface area contributed by atoms with Gasteiger partial charge in [0, 0.05) is 6.54 Å². The normalized spacial score (nSPS) is 24.1. The molecule has 0 saturated heterocycles. The second-order valence-corrected chi connectivity index (χ2v) is 4.44. The van der Waals surface area contributed by atoms with Crippen LogP contribution in [0.5, 0.6) is 0 Å². The van der Waals surface area contributed by atoms with E-state index >= 15 is 0 Å². The van der Waals surface area contributed by atoms with Gasteiger partial charge in [0.2, 0.25) is 0 Å². The summed E-state index contributed by atoms with van der Waals surface area (Å²) in [6, 6.07) is 6.23. The summed E-state index contributed by atoms with van der Waals surface area (Å²) < 4.78 is 14.1. The van der Waals surface area contributed by atoms with Gasteiger partial charge < -0.3 is 5.11 Å². The molecule has 1 amide bonds. The van der Waals surface area contributed by atoms with Gasteiger partial charge in [0.15, 0.2) is 0 Å². The van der Waals surface area contributed by atoms with Crippen LogP contribution in [0.1, 0.15) is 29.8 Å². The lowest BCUT2D eigenvalue weighted by Gasteiger charge is -2.27. The van der Waals surface area contributed by atoms with Crippen molar-refractivity contribution < 1.29 is 14.3 Å². The number of nitrogens with zero attached hydrogens (tertiary/aromatic N) is 1. The van der Waals surface area contributed by atoms with Gasteiger partial charge in [0.05, 0.1) is 11.1 Å². The number of fused-ring (bicyclic) bond motifs is 1. The molecule has 86 valence electrons. The fourth-order valence-electron chi connectivity index (χ4n) is 1.94. The molecule has 0 aliphatic carbocycles. The molecule has 1 atom stereocenters. The fraction of sp³-hybridized carbons (Fsp3) is 0.417. The van der Waals surface area contributed by atoms with E-state index in [9.17, 15) is 14.3 Å². The molecule has 1 heterocycles. The summed E-state index contributed by atoms with van der Waals surface area (Å²) in [7, 11) is 0. The maximum Gasteiger partial charge on any atom is 0.318 e. The molecule has 1 aromatic rings. The van der Waals surface area contributed by atoms with E-state index in [-0.39, 0.29) is 23.6 Å². The first-order chi connectivity index (χ1) is 7.44. The third-order valence-corrected chi connectivity index (χ3v) is 2.65. The Kier molecular flexibility index (Phi) is 2.46. The molecule has 0 fully saturated rings. The van der Waals surface area contributed by atoms with E-state index in [4.69, 9.17) is 0 Å². The average Bonchev–Trinajstić information content (AvgIpc) is 2.41. The zero-order chi connectivity index (χ0) is 11.9. The maximum absolute atomic E-state index is 14.1. The van der Waals surface area contributed by atoms with Crippen molar-refractivity contribution in [3.8, 4) is 0 Å². The number of halogens is 1. The number of carbonyl (C=O) groups is 1. The smallest absolute Gasteiger partial charge is 0.318 e. The molecular weight excluding hydrogens is 209 g/mol.